The molecule has 0 unspecified atom stereocenters. The van der Waals surface area contributed by atoms with Gasteiger partial charge in [0.15, 0.2) is 5.13 Å². The van der Waals surface area contributed by atoms with Crippen molar-refractivity contribution in [1.82, 2.24) is 9.88 Å². The number of hydrogen-bond donors (Lipinski definition) is 1. The van der Waals surface area contributed by atoms with Gasteiger partial charge < -0.3 is 15.0 Å². The van der Waals surface area contributed by atoms with Crippen LogP contribution in [0.1, 0.15) is 10.4 Å². The Balaban J connectivity index is 1.30. The highest BCUT2D eigenvalue weighted by Crippen LogP contribution is 2.28. The topological polar surface area (TPSA) is 74.8 Å². The maximum absolute atomic E-state index is 13.1. The highest BCUT2D eigenvalue weighted by molar-refractivity contribution is 7.14. The molecule has 9 heteroatoms. The molecule has 1 aromatic heterocycles. The summed E-state index contributed by atoms with van der Waals surface area (Å²) in [4.78, 5) is 33.4. The summed E-state index contributed by atoms with van der Waals surface area (Å²) in [5, 5.41) is 5.70. The quantitative estimate of drug-likeness (QED) is 0.575. The van der Waals surface area contributed by atoms with Crippen molar-refractivity contribution in [3.05, 3.63) is 65.3 Å². The Kier molecular flexibility index (Phi) is 6.77. The van der Waals surface area contributed by atoms with Crippen LogP contribution in [0.4, 0.5) is 15.2 Å². The molecule has 2 heterocycles. The van der Waals surface area contributed by atoms with Crippen LogP contribution in [0.5, 0.6) is 0 Å². The predicted octanol–water partition coefficient (Wildman–Crippen LogP) is 3.50. The van der Waals surface area contributed by atoms with Crippen LogP contribution in [0.15, 0.2) is 53.9 Å². The van der Waals surface area contributed by atoms with Crippen molar-refractivity contribution in [1.29, 1.82) is 0 Å². The number of benzene rings is 2. The zero-order valence-corrected chi connectivity index (χ0v) is 18.4. The van der Waals surface area contributed by atoms with Crippen LogP contribution in [-0.4, -0.2) is 61.6 Å². The van der Waals surface area contributed by atoms with Gasteiger partial charge in [0, 0.05) is 37.1 Å². The molecule has 2 aromatic carbocycles. The Bertz CT molecular complexity index is 1090. The Labute approximate surface area is 189 Å². The summed E-state index contributed by atoms with van der Waals surface area (Å²) in [7, 11) is 1.31. The molecule has 0 aliphatic carbocycles. The third kappa shape index (κ3) is 5.12. The fraction of sp³-hybridized carbons (Fsp3) is 0.261. The first-order valence-electron chi connectivity index (χ1n) is 10.2. The highest BCUT2D eigenvalue weighted by atomic mass is 32.1. The minimum Gasteiger partial charge on any atom is -0.465 e. The van der Waals surface area contributed by atoms with Gasteiger partial charge in [-0.05, 0) is 36.4 Å². The number of piperazine rings is 1. The third-order valence-electron chi connectivity index (χ3n) is 5.25. The van der Waals surface area contributed by atoms with Crippen LogP contribution in [0, 0.1) is 5.82 Å². The molecule has 3 aromatic rings. The van der Waals surface area contributed by atoms with Crippen LogP contribution in [0.25, 0.3) is 11.3 Å². The molecule has 32 heavy (non-hydrogen) atoms. The molecule has 1 aliphatic rings. The number of hydrogen-bond acceptors (Lipinski definition) is 7. The number of thiazole rings is 1. The van der Waals surface area contributed by atoms with Crippen molar-refractivity contribution in [3.63, 3.8) is 0 Å². The van der Waals surface area contributed by atoms with Crippen molar-refractivity contribution >= 4 is 34.0 Å². The van der Waals surface area contributed by atoms with E-state index in [0.717, 1.165) is 42.6 Å². The average Bonchev–Trinajstić information content (AvgIpc) is 3.30. The lowest BCUT2D eigenvalue weighted by Gasteiger charge is -2.34. The number of esters is 1. The molecule has 7 nitrogen and oxygen atoms in total. The Hall–Kier alpha value is -3.30. The van der Waals surface area contributed by atoms with Gasteiger partial charge in [-0.2, -0.15) is 0 Å². The summed E-state index contributed by atoms with van der Waals surface area (Å²) < 4.78 is 17.9. The number of halogens is 1. The SMILES string of the molecule is COC(=O)c1ccccc1NC(=O)CN1CCN(c2nc(-c3ccc(F)cc3)cs2)CC1. The first kappa shape index (κ1) is 21.9. The van der Waals surface area contributed by atoms with Gasteiger partial charge in [-0.25, -0.2) is 14.2 Å². The molecular weight excluding hydrogens is 431 g/mol. The number of nitrogens with one attached hydrogen (secondary N) is 1. The second-order valence-corrected chi connectivity index (χ2v) is 8.21. The van der Waals surface area contributed by atoms with E-state index in [0.29, 0.717) is 11.3 Å². The maximum Gasteiger partial charge on any atom is 0.339 e. The summed E-state index contributed by atoms with van der Waals surface area (Å²) in [6.45, 7) is 3.18. The van der Waals surface area contributed by atoms with E-state index in [1.165, 1.54) is 19.2 Å². The van der Waals surface area contributed by atoms with E-state index in [1.807, 2.05) is 5.38 Å². The minimum atomic E-state index is -0.488. The summed E-state index contributed by atoms with van der Waals surface area (Å²) >= 11 is 1.56. The number of amides is 1. The van der Waals surface area contributed by atoms with E-state index in [2.05, 4.69) is 15.1 Å². The number of carbonyl (C=O) groups is 2. The average molecular weight is 455 g/mol. The molecule has 1 fully saturated rings. The molecule has 1 amide bonds. The van der Waals surface area contributed by atoms with Gasteiger partial charge in [0.05, 0.1) is 30.6 Å². The standard InChI is InChI=1S/C23H23FN4O3S/c1-31-22(30)18-4-2-3-5-19(18)25-21(29)14-27-10-12-28(13-11-27)23-26-20(15-32-23)16-6-8-17(24)9-7-16/h2-9,15H,10-14H2,1H3,(H,25,29). The van der Waals surface area contributed by atoms with Crippen LogP contribution in [0.3, 0.4) is 0 Å². The second kappa shape index (κ2) is 9.88. The lowest BCUT2D eigenvalue weighted by Crippen LogP contribution is -2.48. The Morgan fingerprint density at radius 3 is 2.53 bits per heavy atom. The van der Waals surface area contributed by atoms with E-state index < -0.39 is 5.97 Å². The lowest BCUT2D eigenvalue weighted by atomic mass is 10.2. The van der Waals surface area contributed by atoms with E-state index in [1.54, 1.807) is 47.7 Å². The molecule has 166 valence electrons. The molecule has 4 rings (SSSR count). The Morgan fingerprint density at radius 1 is 1.09 bits per heavy atom. The Morgan fingerprint density at radius 2 is 1.81 bits per heavy atom. The maximum atomic E-state index is 13.1. The number of para-hydroxylation sites is 1. The van der Waals surface area contributed by atoms with Crippen LogP contribution in [-0.2, 0) is 9.53 Å². The summed E-state index contributed by atoms with van der Waals surface area (Å²) in [6, 6.07) is 13.1. The molecule has 1 aliphatic heterocycles. The molecule has 0 spiro atoms. The van der Waals surface area contributed by atoms with Gasteiger partial charge in [0.1, 0.15) is 5.82 Å². The molecule has 0 saturated carbocycles. The van der Waals surface area contributed by atoms with E-state index in [-0.39, 0.29) is 18.3 Å². The number of carbonyl (C=O) groups excluding carboxylic acids is 2. The smallest absolute Gasteiger partial charge is 0.339 e. The van der Waals surface area contributed by atoms with E-state index in [4.69, 9.17) is 9.72 Å². The van der Waals surface area contributed by atoms with Gasteiger partial charge in [0.2, 0.25) is 5.91 Å². The molecule has 0 bridgehead atoms. The van der Waals surface area contributed by atoms with Crippen molar-refractivity contribution < 1.29 is 18.7 Å². The highest BCUT2D eigenvalue weighted by Gasteiger charge is 2.22. The zero-order valence-electron chi connectivity index (χ0n) is 17.6. The van der Waals surface area contributed by atoms with Crippen LogP contribution >= 0.6 is 11.3 Å². The monoisotopic (exact) mass is 454 g/mol. The number of nitrogens with zero attached hydrogens (tertiary/aromatic N) is 3. The molecule has 1 N–H and O–H groups in total. The van der Waals surface area contributed by atoms with Crippen molar-refractivity contribution in [2.24, 2.45) is 0 Å². The van der Waals surface area contributed by atoms with Gasteiger partial charge in [0.25, 0.3) is 0 Å². The molecular formula is C23H23FN4O3S. The lowest BCUT2D eigenvalue weighted by molar-refractivity contribution is -0.117. The zero-order chi connectivity index (χ0) is 22.5. The van der Waals surface area contributed by atoms with Crippen molar-refractivity contribution in [2.75, 3.05) is 50.1 Å². The number of rotatable bonds is 6. The third-order valence-corrected chi connectivity index (χ3v) is 6.15. The molecule has 0 atom stereocenters. The predicted molar refractivity (Wildman–Crippen MR) is 123 cm³/mol. The number of anilines is 2. The molecule has 0 radical (unpaired) electrons. The van der Waals surface area contributed by atoms with Gasteiger partial charge in [-0.15, -0.1) is 11.3 Å². The normalized spacial score (nSPS) is 14.2. The van der Waals surface area contributed by atoms with Crippen LogP contribution < -0.4 is 10.2 Å². The summed E-state index contributed by atoms with van der Waals surface area (Å²) in [5.74, 6) is -0.932. The summed E-state index contributed by atoms with van der Waals surface area (Å²) in [5.41, 5.74) is 2.49. The summed E-state index contributed by atoms with van der Waals surface area (Å²) in [6.07, 6.45) is 0. The van der Waals surface area contributed by atoms with Crippen LogP contribution in [0.2, 0.25) is 0 Å². The fourth-order valence-corrected chi connectivity index (χ4v) is 4.42. The number of methoxy groups -OCH3 is 1. The largest absolute Gasteiger partial charge is 0.465 e. The van der Waals surface area contributed by atoms with Crippen molar-refractivity contribution in [3.8, 4) is 11.3 Å². The van der Waals surface area contributed by atoms with Gasteiger partial charge in [-0.3, -0.25) is 9.69 Å². The van der Waals surface area contributed by atoms with Gasteiger partial charge in [-0.1, -0.05) is 12.1 Å². The molecule has 1 saturated heterocycles. The number of aromatic nitrogens is 1. The van der Waals surface area contributed by atoms with E-state index >= 15 is 0 Å². The first-order valence-corrected chi connectivity index (χ1v) is 11.1. The van der Waals surface area contributed by atoms with Crippen molar-refractivity contribution in [2.45, 2.75) is 0 Å². The minimum absolute atomic E-state index is 0.178. The van der Waals surface area contributed by atoms with Gasteiger partial charge >= 0.3 is 5.97 Å². The second-order valence-electron chi connectivity index (χ2n) is 7.37. The first-order chi connectivity index (χ1) is 15.5. The fourth-order valence-electron chi connectivity index (χ4n) is 3.53. The van der Waals surface area contributed by atoms with E-state index in [9.17, 15) is 14.0 Å². The number of ether oxygens (including phenoxy) is 1.